The molecule has 1 fully saturated rings. The van der Waals surface area contributed by atoms with Gasteiger partial charge in [-0.3, -0.25) is 10.1 Å². The van der Waals surface area contributed by atoms with Crippen LogP contribution in [0.25, 0.3) is 0 Å². The number of aliphatic hydroxyl groups is 1. The van der Waals surface area contributed by atoms with Crippen LogP contribution in [-0.2, 0) is 0 Å². The first-order valence-corrected chi connectivity index (χ1v) is 6.71. The van der Waals surface area contributed by atoms with Crippen LogP contribution in [0, 0.1) is 17.0 Å². The van der Waals surface area contributed by atoms with Crippen LogP contribution in [-0.4, -0.2) is 34.8 Å². The molecule has 1 saturated carbocycles. The molecule has 1 unspecified atom stereocenters. The fourth-order valence-corrected chi connectivity index (χ4v) is 1.79. The lowest BCUT2D eigenvalue weighted by Crippen LogP contribution is -2.43. The van der Waals surface area contributed by atoms with Crippen LogP contribution in [0.2, 0.25) is 0 Å². The fraction of sp³-hybridized carbons (Fsp3) is 0.571. The zero-order chi connectivity index (χ0) is 14.8. The number of non-ortho nitro benzene ring substituents is 1. The van der Waals surface area contributed by atoms with Crippen LogP contribution in [0.1, 0.15) is 25.3 Å². The molecule has 6 heteroatoms. The highest BCUT2D eigenvalue weighted by molar-refractivity contribution is 5.43. The summed E-state index contributed by atoms with van der Waals surface area (Å²) in [6.45, 7) is 4.05. The quantitative estimate of drug-likeness (QED) is 0.587. The molecule has 6 nitrogen and oxygen atoms in total. The first-order chi connectivity index (χ1) is 9.37. The Kier molecular flexibility index (Phi) is 4.25. The van der Waals surface area contributed by atoms with Crippen molar-refractivity contribution in [3.8, 4) is 5.75 Å². The molecule has 1 aliphatic rings. The Balaban J connectivity index is 1.94. The first kappa shape index (κ1) is 14.7. The summed E-state index contributed by atoms with van der Waals surface area (Å²) in [4.78, 5) is 10.3. The molecule has 0 amide bonds. The van der Waals surface area contributed by atoms with Gasteiger partial charge in [0.15, 0.2) is 0 Å². The van der Waals surface area contributed by atoms with Crippen molar-refractivity contribution < 1.29 is 14.8 Å². The van der Waals surface area contributed by atoms with E-state index in [1.165, 1.54) is 12.1 Å². The van der Waals surface area contributed by atoms with Crippen molar-refractivity contribution in [2.45, 2.75) is 38.3 Å². The predicted octanol–water partition coefficient (Wildman–Crippen LogP) is 1.79. The van der Waals surface area contributed by atoms with E-state index in [0.29, 0.717) is 18.3 Å². The van der Waals surface area contributed by atoms with E-state index in [1.807, 2.05) is 6.92 Å². The summed E-state index contributed by atoms with van der Waals surface area (Å²) >= 11 is 0. The Morgan fingerprint density at radius 3 is 2.85 bits per heavy atom. The lowest BCUT2D eigenvalue weighted by atomic mass is 10.1. The number of benzene rings is 1. The second-order valence-electron chi connectivity index (χ2n) is 5.65. The molecule has 0 saturated heterocycles. The summed E-state index contributed by atoms with van der Waals surface area (Å²) < 4.78 is 5.55. The molecule has 1 atom stereocenters. The fourth-order valence-electron chi connectivity index (χ4n) is 1.79. The van der Waals surface area contributed by atoms with Crippen LogP contribution in [0.4, 0.5) is 5.69 Å². The van der Waals surface area contributed by atoms with Crippen LogP contribution < -0.4 is 10.1 Å². The van der Waals surface area contributed by atoms with E-state index in [9.17, 15) is 15.2 Å². The van der Waals surface area contributed by atoms with Gasteiger partial charge in [0, 0.05) is 18.7 Å². The van der Waals surface area contributed by atoms with Gasteiger partial charge in [-0.05, 0) is 38.3 Å². The van der Waals surface area contributed by atoms with Gasteiger partial charge < -0.3 is 15.2 Å². The summed E-state index contributed by atoms with van der Waals surface area (Å²) in [5, 5.41) is 24.2. The average Bonchev–Trinajstić information content (AvgIpc) is 3.19. The van der Waals surface area contributed by atoms with Crippen molar-refractivity contribution in [3.63, 3.8) is 0 Å². The smallest absolute Gasteiger partial charge is 0.273 e. The predicted molar refractivity (Wildman–Crippen MR) is 75.0 cm³/mol. The largest absolute Gasteiger partial charge is 0.490 e. The minimum Gasteiger partial charge on any atom is -0.490 e. The Bertz CT molecular complexity index is 498. The zero-order valence-corrected chi connectivity index (χ0v) is 11.8. The summed E-state index contributed by atoms with van der Waals surface area (Å²) in [6, 6.07) is 4.99. The molecule has 0 aromatic heterocycles. The highest BCUT2D eigenvalue weighted by Crippen LogP contribution is 2.25. The maximum absolute atomic E-state index is 10.7. The highest BCUT2D eigenvalue weighted by atomic mass is 16.6. The van der Waals surface area contributed by atoms with Crippen LogP contribution >= 0.6 is 0 Å². The third kappa shape index (κ3) is 4.18. The van der Waals surface area contributed by atoms with Gasteiger partial charge in [-0.25, -0.2) is 0 Å². The van der Waals surface area contributed by atoms with Crippen molar-refractivity contribution in [2.24, 2.45) is 0 Å². The van der Waals surface area contributed by atoms with E-state index in [0.717, 1.165) is 18.4 Å². The topological polar surface area (TPSA) is 84.6 Å². The van der Waals surface area contributed by atoms with Gasteiger partial charge in [-0.15, -0.1) is 0 Å². The van der Waals surface area contributed by atoms with Gasteiger partial charge in [0.1, 0.15) is 18.0 Å². The second-order valence-corrected chi connectivity index (χ2v) is 5.65. The lowest BCUT2D eigenvalue weighted by Gasteiger charge is -2.24. The molecule has 2 rings (SSSR count). The third-order valence-corrected chi connectivity index (χ3v) is 3.27. The number of nitrogens with zero attached hydrogens (tertiary/aromatic N) is 1. The lowest BCUT2D eigenvalue weighted by molar-refractivity contribution is -0.385. The zero-order valence-electron chi connectivity index (χ0n) is 11.8. The van der Waals surface area contributed by atoms with E-state index in [1.54, 1.807) is 13.0 Å². The van der Waals surface area contributed by atoms with E-state index in [-0.39, 0.29) is 12.3 Å². The van der Waals surface area contributed by atoms with Crippen molar-refractivity contribution in [2.75, 3.05) is 13.2 Å². The number of hydrogen-bond donors (Lipinski definition) is 2. The maximum atomic E-state index is 10.7. The Morgan fingerprint density at radius 2 is 2.25 bits per heavy atom. The SMILES string of the molecule is Cc1ccc([N+](=O)[O-])cc1OCC(C)(O)CNC1CC1. The van der Waals surface area contributed by atoms with E-state index in [4.69, 9.17) is 4.74 Å². The number of nitro groups is 1. The summed E-state index contributed by atoms with van der Waals surface area (Å²) in [5.41, 5.74) is -0.206. The van der Waals surface area contributed by atoms with Gasteiger partial charge in [-0.1, -0.05) is 0 Å². The number of hydrogen-bond acceptors (Lipinski definition) is 5. The number of nitro benzene ring substituents is 1. The van der Waals surface area contributed by atoms with E-state index in [2.05, 4.69) is 5.32 Å². The van der Waals surface area contributed by atoms with Gasteiger partial charge in [0.25, 0.3) is 5.69 Å². The number of rotatable bonds is 7. The molecule has 0 radical (unpaired) electrons. The monoisotopic (exact) mass is 280 g/mol. The van der Waals surface area contributed by atoms with Crippen molar-refractivity contribution in [3.05, 3.63) is 33.9 Å². The molecule has 1 aromatic rings. The summed E-state index contributed by atoms with van der Waals surface area (Å²) in [7, 11) is 0. The molecule has 0 spiro atoms. The van der Waals surface area contributed by atoms with Crippen molar-refractivity contribution in [1.82, 2.24) is 5.32 Å². The van der Waals surface area contributed by atoms with Gasteiger partial charge in [0.2, 0.25) is 0 Å². The molecule has 0 aliphatic heterocycles. The normalized spacial score (nSPS) is 17.6. The average molecular weight is 280 g/mol. The Labute approximate surface area is 117 Å². The minimum atomic E-state index is -1.00. The number of ether oxygens (including phenoxy) is 1. The molecule has 1 aliphatic carbocycles. The Morgan fingerprint density at radius 1 is 1.55 bits per heavy atom. The molecule has 20 heavy (non-hydrogen) atoms. The van der Waals surface area contributed by atoms with Gasteiger partial charge in [0.05, 0.1) is 11.0 Å². The third-order valence-electron chi connectivity index (χ3n) is 3.27. The summed E-state index contributed by atoms with van der Waals surface area (Å²) in [5.74, 6) is 0.436. The van der Waals surface area contributed by atoms with E-state index < -0.39 is 10.5 Å². The standard InChI is InChI=1S/C14H20N2O4/c1-10-3-6-12(16(18)19)7-13(10)20-9-14(2,17)8-15-11-4-5-11/h3,6-7,11,15,17H,4-5,8-9H2,1-2H3. The Hall–Kier alpha value is -1.66. The summed E-state index contributed by atoms with van der Waals surface area (Å²) in [6.07, 6.45) is 2.31. The minimum absolute atomic E-state index is 0.0126. The van der Waals surface area contributed by atoms with Gasteiger partial charge >= 0.3 is 0 Å². The molecule has 0 heterocycles. The molecule has 110 valence electrons. The first-order valence-electron chi connectivity index (χ1n) is 6.71. The van der Waals surface area contributed by atoms with Crippen LogP contribution in [0.5, 0.6) is 5.75 Å². The number of nitrogens with one attached hydrogen (secondary N) is 1. The molecule has 1 aromatic carbocycles. The molecule has 0 bridgehead atoms. The highest BCUT2D eigenvalue weighted by Gasteiger charge is 2.27. The second kappa shape index (κ2) is 5.76. The molecule has 2 N–H and O–H groups in total. The maximum Gasteiger partial charge on any atom is 0.273 e. The van der Waals surface area contributed by atoms with Crippen LogP contribution in [0.3, 0.4) is 0 Å². The van der Waals surface area contributed by atoms with Crippen LogP contribution in [0.15, 0.2) is 18.2 Å². The van der Waals surface area contributed by atoms with Crippen molar-refractivity contribution >= 4 is 5.69 Å². The van der Waals surface area contributed by atoms with Crippen molar-refractivity contribution in [1.29, 1.82) is 0 Å². The molecular formula is C14H20N2O4. The van der Waals surface area contributed by atoms with Gasteiger partial charge in [-0.2, -0.15) is 0 Å². The van der Waals surface area contributed by atoms with E-state index >= 15 is 0 Å². The number of aryl methyl sites for hydroxylation is 1. The molecular weight excluding hydrogens is 260 g/mol.